The van der Waals surface area contributed by atoms with Gasteiger partial charge >= 0.3 is 0 Å². The third-order valence-corrected chi connectivity index (χ3v) is 4.60. The van der Waals surface area contributed by atoms with E-state index in [-0.39, 0.29) is 0 Å². The zero-order valence-corrected chi connectivity index (χ0v) is 13.1. The molecule has 22 heavy (non-hydrogen) atoms. The number of hydrogen-bond donors (Lipinski definition) is 0. The minimum Gasteiger partial charge on any atom is -0.250 e. The van der Waals surface area contributed by atoms with Crippen LogP contribution in [0.15, 0.2) is 58.6 Å². The van der Waals surface area contributed by atoms with Crippen molar-refractivity contribution in [3.63, 3.8) is 0 Å². The Balaban J connectivity index is 1.81. The second-order valence-electron chi connectivity index (χ2n) is 5.19. The van der Waals surface area contributed by atoms with E-state index in [1.807, 2.05) is 20.2 Å². The molecule has 2 aromatic carbocycles. The van der Waals surface area contributed by atoms with E-state index in [0.717, 1.165) is 21.9 Å². The first kappa shape index (κ1) is 13.3. The molecular formula is C17H14N4S. The van der Waals surface area contributed by atoms with Gasteiger partial charge in [0.25, 0.3) is 0 Å². The SMILES string of the molecule is Cc1nc(Sc2ccc3ccccc3c2)c2cnn(C)c2n1. The van der Waals surface area contributed by atoms with Crippen molar-refractivity contribution in [3.05, 3.63) is 54.5 Å². The van der Waals surface area contributed by atoms with E-state index in [2.05, 4.69) is 57.5 Å². The number of rotatable bonds is 2. The molecule has 2 aromatic heterocycles. The van der Waals surface area contributed by atoms with Crippen LogP contribution < -0.4 is 0 Å². The lowest BCUT2D eigenvalue weighted by molar-refractivity contribution is 0.781. The van der Waals surface area contributed by atoms with Gasteiger partial charge in [-0.05, 0) is 29.8 Å². The molecule has 4 aromatic rings. The zero-order valence-electron chi connectivity index (χ0n) is 12.3. The summed E-state index contributed by atoms with van der Waals surface area (Å²) in [6.07, 6.45) is 1.83. The van der Waals surface area contributed by atoms with Crippen LogP contribution in [0.3, 0.4) is 0 Å². The van der Waals surface area contributed by atoms with Crippen LogP contribution in [-0.2, 0) is 7.05 Å². The number of fused-ring (bicyclic) bond motifs is 2. The van der Waals surface area contributed by atoms with E-state index in [1.165, 1.54) is 15.7 Å². The lowest BCUT2D eigenvalue weighted by atomic mass is 10.1. The summed E-state index contributed by atoms with van der Waals surface area (Å²) in [5.41, 5.74) is 0.871. The second kappa shape index (κ2) is 5.10. The third-order valence-electron chi connectivity index (χ3n) is 3.60. The highest BCUT2D eigenvalue weighted by Crippen LogP contribution is 2.32. The summed E-state index contributed by atoms with van der Waals surface area (Å²) >= 11 is 1.65. The molecular weight excluding hydrogens is 292 g/mol. The van der Waals surface area contributed by atoms with E-state index < -0.39 is 0 Å². The molecule has 2 heterocycles. The van der Waals surface area contributed by atoms with Gasteiger partial charge in [0.05, 0.1) is 11.6 Å². The summed E-state index contributed by atoms with van der Waals surface area (Å²) in [5.74, 6) is 0.763. The predicted octanol–water partition coefficient (Wildman–Crippen LogP) is 3.98. The van der Waals surface area contributed by atoms with Gasteiger partial charge in [0.15, 0.2) is 5.65 Å². The Hall–Kier alpha value is -2.40. The smallest absolute Gasteiger partial charge is 0.162 e. The Morgan fingerprint density at radius 2 is 1.82 bits per heavy atom. The molecule has 0 amide bonds. The fourth-order valence-electron chi connectivity index (χ4n) is 2.52. The average Bonchev–Trinajstić information content (AvgIpc) is 2.89. The number of nitrogens with zero attached hydrogens (tertiary/aromatic N) is 4. The van der Waals surface area contributed by atoms with Gasteiger partial charge in [-0.2, -0.15) is 5.10 Å². The number of hydrogen-bond acceptors (Lipinski definition) is 4. The normalized spacial score (nSPS) is 11.4. The van der Waals surface area contributed by atoms with Gasteiger partial charge in [-0.15, -0.1) is 0 Å². The van der Waals surface area contributed by atoms with Gasteiger partial charge < -0.3 is 0 Å². The van der Waals surface area contributed by atoms with Crippen LogP contribution in [0.1, 0.15) is 5.82 Å². The van der Waals surface area contributed by atoms with Crippen LogP contribution in [0, 0.1) is 6.92 Å². The maximum atomic E-state index is 4.59. The Morgan fingerprint density at radius 1 is 1.00 bits per heavy atom. The van der Waals surface area contributed by atoms with Crippen molar-refractivity contribution in [1.82, 2.24) is 19.7 Å². The fourth-order valence-corrected chi connectivity index (χ4v) is 3.50. The Morgan fingerprint density at radius 3 is 2.68 bits per heavy atom. The number of aryl methyl sites for hydroxylation is 2. The highest BCUT2D eigenvalue weighted by molar-refractivity contribution is 7.99. The number of aromatic nitrogens is 4. The topological polar surface area (TPSA) is 43.6 Å². The van der Waals surface area contributed by atoms with Crippen LogP contribution in [0.5, 0.6) is 0 Å². The van der Waals surface area contributed by atoms with Gasteiger partial charge in [-0.1, -0.05) is 42.1 Å². The van der Waals surface area contributed by atoms with Crippen LogP contribution in [0.4, 0.5) is 0 Å². The molecule has 0 atom stereocenters. The largest absolute Gasteiger partial charge is 0.250 e. The molecule has 0 saturated heterocycles. The monoisotopic (exact) mass is 306 g/mol. The Labute approximate surface area is 132 Å². The fraction of sp³-hybridized carbons (Fsp3) is 0.118. The van der Waals surface area contributed by atoms with Crippen molar-refractivity contribution in [1.29, 1.82) is 0 Å². The maximum Gasteiger partial charge on any atom is 0.162 e. The van der Waals surface area contributed by atoms with Gasteiger partial charge in [0, 0.05) is 11.9 Å². The van der Waals surface area contributed by atoms with Gasteiger partial charge in [-0.25, -0.2) is 9.97 Å². The van der Waals surface area contributed by atoms with Crippen LogP contribution in [0.25, 0.3) is 21.8 Å². The van der Waals surface area contributed by atoms with E-state index in [4.69, 9.17) is 0 Å². The molecule has 0 N–H and O–H groups in total. The van der Waals surface area contributed by atoms with E-state index in [9.17, 15) is 0 Å². The third kappa shape index (κ3) is 2.23. The van der Waals surface area contributed by atoms with E-state index in [0.29, 0.717) is 0 Å². The summed E-state index contributed by atoms with van der Waals surface area (Å²) in [7, 11) is 1.90. The minimum atomic E-state index is 0.763. The lowest BCUT2D eigenvalue weighted by Gasteiger charge is -2.05. The first-order valence-corrected chi connectivity index (χ1v) is 7.85. The van der Waals surface area contributed by atoms with Crippen molar-refractivity contribution < 1.29 is 0 Å². The molecule has 0 unspecified atom stereocenters. The molecule has 0 aliphatic heterocycles. The molecule has 0 saturated carbocycles. The maximum absolute atomic E-state index is 4.59. The van der Waals surface area contributed by atoms with E-state index in [1.54, 1.807) is 16.4 Å². The van der Waals surface area contributed by atoms with Crippen molar-refractivity contribution >= 4 is 33.6 Å². The van der Waals surface area contributed by atoms with Crippen molar-refractivity contribution in [3.8, 4) is 0 Å². The first-order chi connectivity index (χ1) is 10.7. The second-order valence-corrected chi connectivity index (χ2v) is 6.25. The highest BCUT2D eigenvalue weighted by Gasteiger charge is 2.11. The van der Waals surface area contributed by atoms with Crippen LogP contribution in [-0.4, -0.2) is 19.7 Å². The standard InChI is InChI=1S/C17H14N4S/c1-11-19-16-15(10-18-21(16)2)17(20-11)22-14-8-7-12-5-3-4-6-13(12)9-14/h3-10H,1-2H3. The summed E-state index contributed by atoms with van der Waals surface area (Å²) in [6, 6.07) is 14.8. The average molecular weight is 306 g/mol. The summed E-state index contributed by atoms with van der Waals surface area (Å²) in [6.45, 7) is 1.91. The quantitative estimate of drug-likeness (QED) is 0.525. The van der Waals surface area contributed by atoms with Crippen molar-refractivity contribution in [2.45, 2.75) is 16.8 Å². The van der Waals surface area contributed by atoms with Crippen LogP contribution >= 0.6 is 11.8 Å². The van der Waals surface area contributed by atoms with Gasteiger partial charge in [0.1, 0.15) is 10.9 Å². The van der Waals surface area contributed by atoms with Gasteiger partial charge in [0.2, 0.25) is 0 Å². The van der Waals surface area contributed by atoms with E-state index >= 15 is 0 Å². The lowest BCUT2D eigenvalue weighted by Crippen LogP contribution is -1.96. The highest BCUT2D eigenvalue weighted by atomic mass is 32.2. The Kier molecular flexibility index (Phi) is 3.08. The molecule has 4 rings (SSSR count). The molecule has 4 nitrogen and oxygen atoms in total. The first-order valence-electron chi connectivity index (χ1n) is 7.04. The molecule has 0 fully saturated rings. The van der Waals surface area contributed by atoms with Crippen molar-refractivity contribution in [2.24, 2.45) is 7.05 Å². The molecule has 0 bridgehead atoms. The molecule has 0 radical (unpaired) electrons. The molecule has 5 heteroatoms. The van der Waals surface area contributed by atoms with Crippen molar-refractivity contribution in [2.75, 3.05) is 0 Å². The summed E-state index contributed by atoms with van der Waals surface area (Å²) in [5, 5.41) is 8.72. The Bertz CT molecular complexity index is 990. The summed E-state index contributed by atoms with van der Waals surface area (Å²) in [4.78, 5) is 10.2. The molecule has 108 valence electrons. The zero-order chi connectivity index (χ0) is 15.1. The predicted molar refractivity (Wildman–Crippen MR) is 89.1 cm³/mol. The molecule has 0 aliphatic rings. The molecule has 0 aliphatic carbocycles. The van der Waals surface area contributed by atoms with Gasteiger partial charge in [-0.3, -0.25) is 4.68 Å². The summed E-state index contributed by atoms with van der Waals surface area (Å²) < 4.78 is 1.79. The van der Waals surface area contributed by atoms with Crippen LogP contribution in [0.2, 0.25) is 0 Å². The number of benzene rings is 2. The molecule has 0 spiro atoms. The minimum absolute atomic E-state index is 0.763.